The van der Waals surface area contributed by atoms with Crippen LogP contribution >= 0.6 is 11.8 Å². The van der Waals surface area contributed by atoms with Gasteiger partial charge in [0.2, 0.25) is 5.82 Å². The predicted molar refractivity (Wildman–Crippen MR) is 79.0 cm³/mol. The van der Waals surface area contributed by atoms with Crippen LogP contribution in [0.3, 0.4) is 0 Å². The highest BCUT2D eigenvalue weighted by Crippen LogP contribution is 2.39. The Balaban J connectivity index is 1.95. The fourth-order valence-electron chi connectivity index (χ4n) is 2.36. The Morgan fingerprint density at radius 3 is 3.05 bits per heavy atom. The summed E-state index contributed by atoms with van der Waals surface area (Å²) >= 11 is 1.47. The van der Waals surface area contributed by atoms with Crippen molar-refractivity contribution in [2.75, 3.05) is 11.1 Å². The number of nitrogens with zero attached hydrogens (tertiary/aromatic N) is 2. The van der Waals surface area contributed by atoms with Crippen LogP contribution in [-0.4, -0.2) is 15.7 Å². The van der Waals surface area contributed by atoms with Crippen molar-refractivity contribution in [3.63, 3.8) is 0 Å². The van der Waals surface area contributed by atoms with Gasteiger partial charge in [0.25, 0.3) is 0 Å². The Hall–Kier alpha value is -2.15. The summed E-state index contributed by atoms with van der Waals surface area (Å²) in [6, 6.07) is 7.67. The number of aromatic nitrogens is 1. The highest BCUT2D eigenvalue weighted by Gasteiger charge is 2.25. The maximum absolute atomic E-state index is 13.8. The third kappa shape index (κ3) is 2.69. The van der Waals surface area contributed by atoms with Gasteiger partial charge in [-0.1, -0.05) is 12.1 Å². The first-order valence-corrected chi connectivity index (χ1v) is 7.42. The van der Waals surface area contributed by atoms with Crippen LogP contribution in [0.2, 0.25) is 0 Å². The smallest absolute Gasteiger partial charge is 0.311 e. The average Bonchev–Trinajstić information content (AvgIpc) is 2.49. The standard InChI is InChI=1S/C14H12FN3O2S/c15-10-4-1-3-9-11(6-8-21-13(9)10)17-14-12(18(19)20)5-2-7-16-14/h1-5,7,11H,6,8H2,(H,16,17). The van der Waals surface area contributed by atoms with Crippen molar-refractivity contribution in [3.8, 4) is 0 Å². The van der Waals surface area contributed by atoms with Gasteiger partial charge in [0, 0.05) is 22.9 Å². The first-order chi connectivity index (χ1) is 10.2. The number of thioether (sulfide) groups is 1. The van der Waals surface area contributed by atoms with Crippen LogP contribution in [0.15, 0.2) is 41.4 Å². The van der Waals surface area contributed by atoms with Gasteiger partial charge < -0.3 is 5.32 Å². The SMILES string of the molecule is O=[N+]([O-])c1cccnc1NC1CCSc2c(F)cccc21. The molecule has 0 radical (unpaired) electrons. The van der Waals surface area contributed by atoms with Crippen molar-refractivity contribution < 1.29 is 9.31 Å². The van der Waals surface area contributed by atoms with Gasteiger partial charge in [-0.15, -0.1) is 11.8 Å². The highest BCUT2D eigenvalue weighted by molar-refractivity contribution is 7.99. The van der Waals surface area contributed by atoms with E-state index in [4.69, 9.17) is 0 Å². The van der Waals surface area contributed by atoms with Gasteiger partial charge in [0.05, 0.1) is 11.0 Å². The summed E-state index contributed by atoms with van der Waals surface area (Å²) in [4.78, 5) is 15.2. The van der Waals surface area contributed by atoms with E-state index >= 15 is 0 Å². The molecule has 0 fully saturated rings. The minimum atomic E-state index is -0.473. The zero-order valence-corrected chi connectivity index (χ0v) is 11.8. The van der Waals surface area contributed by atoms with Crippen molar-refractivity contribution in [2.45, 2.75) is 17.4 Å². The molecule has 1 aromatic heterocycles. The lowest BCUT2D eigenvalue weighted by molar-refractivity contribution is -0.384. The second kappa shape index (κ2) is 5.69. The molecule has 1 N–H and O–H groups in total. The highest BCUT2D eigenvalue weighted by atomic mass is 32.2. The lowest BCUT2D eigenvalue weighted by Crippen LogP contribution is -2.18. The number of nitro groups is 1. The van der Waals surface area contributed by atoms with Crippen LogP contribution in [0.5, 0.6) is 0 Å². The average molecular weight is 305 g/mol. The number of nitrogens with one attached hydrogen (secondary N) is 1. The number of halogens is 1. The zero-order chi connectivity index (χ0) is 14.8. The van der Waals surface area contributed by atoms with E-state index in [9.17, 15) is 14.5 Å². The molecule has 1 atom stereocenters. The third-order valence-electron chi connectivity index (χ3n) is 3.32. The molecule has 0 amide bonds. The summed E-state index contributed by atoms with van der Waals surface area (Å²) in [5.74, 6) is 0.723. The normalized spacial score (nSPS) is 17.1. The molecule has 5 nitrogen and oxygen atoms in total. The maximum Gasteiger partial charge on any atom is 0.311 e. The Morgan fingerprint density at radius 1 is 1.38 bits per heavy atom. The van der Waals surface area contributed by atoms with E-state index < -0.39 is 4.92 Å². The van der Waals surface area contributed by atoms with Crippen molar-refractivity contribution in [2.24, 2.45) is 0 Å². The number of hydrogen-bond donors (Lipinski definition) is 1. The molecule has 0 spiro atoms. The fraction of sp³-hybridized carbons (Fsp3) is 0.214. The Labute approximate surface area is 124 Å². The predicted octanol–water partition coefficient (Wildman–Crippen LogP) is 3.78. The molecular formula is C14H12FN3O2S. The number of pyridine rings is 1. The molecule has 0 saturated carbocycles. The van der Waals surface area contributed by atoms with Gasteiger partial charge in [0.1, 0.15) is 5.82 Å². The van der Waals surface area contributed by atoms with Gasteiger partial charge in [-0.3, -0.25) is 10.1 Å². The van der Waals surface area contributed by atoms with Gasteiger partial charge in [-0.2, -0.15) is 0 Å². The van der Waals surface area contributed by atoms with E-state index in [1.54, 1.807) is 6.07 Å². The molecule has 1 unspecified atom stereocenters. The third-order valence-corrected chi connectivity index (χ3v) is 4.48. The molecule has 0 aliphatic carbocycles. The van der Waals surface area contributed by atoms with E-state index in [1.165, 1.54) is 36.2 Å². The molecule has 21 heavy (non-hydrogen) atoms. The molecule has 1 aromatic carbocycles. The summed E-state index contributed by atoms with van der Waals surface area (Å²) in [6.07, 6.45) is 2.26. The summed E-state index contributed by atoms with van der Waals surface area (Å²) in [5.41, 5.74) is 0.750. The molecule has 1 aliphatic rings. The van der Waals surface area contributed by atoms with Crippen LogP contribution in [0.1, 0.15) is 18.0 Å². The van der Waals surface area contributed by atoms with Crippen LogP contribution in [-0.2, 0) is 0 Å². The number of benzene rings is 1. The summed E-state index contributed by atoms with van der Waals surface area (Å²) in [6.45, 7) is 0. The van der Waals surface area contributed by atoms with Gasteiger partial charge in [-0.05, 0) is 24.1 Å². The molecule has 1 aliphatic heterocycles. The van der Waals surface area contributed by atoms with E-state index in [1.807, 2.05) is 6.07 Å². The number of anilines is 1. The molecule has 2 aromatic rings. The van der Waals surface area contributed by atoms with E-state index in [0.29, 0.717) is 4.90 Å². The number of hydrogen-bond acceptors (Lipinski definition) is 5. The Bertz CT molecular complexity index is 696. The summed E-state index contributed by atoms with van der Waals surface area (Å²) < 4.78 is 13.8. The van der Waals surface area contributed by atoms with Gasteiger partial charge in [-0.25, -0.2) is 9.37 Å². The van der Waals surface area contributed by atoms with Gasteiger partial charge >= 0.3 is 5.69 Å². The molecule has 3 rings (SSSR count). The van der Waals surface area contributed by atoms with Crippen LogP contribution in [0, 0.1) is 15.9 Å². The fourth-order valence-corrected chi connectivity index (χ4v) is 3.50. The number of fused-ring (bicyclic) bond motifs is 1. The molecule has 2 heterocycles. The summed E-state index contributed by atoms with van der Waals surface area (Å²) in [7, 11) is 0. The maximum atomic E-state index is 13.8. The first-order valence-electron chi connectivity index (χ1n) is 6.44. The van der Waals surface area contributed by atoms with Crippen molar-refractivity contribution in [1.82, 2.24) is 4.98 Å². The Kier molecular flexibility index (Phi) is 3.74. The lowest BCUT2D eigenvalue weighted by Gasteiger charge is -2.26. The largest absolute Gasteiger partial charge is 0.357 e. The van der Waals surface area contributed by atoms with Crippen molar-refractivity contribution >= 4 is 23.3 Å². The van der Waals surface area contributed by atoms with Crippen molar-refractivity contribution in [3.05, 3.63) is 58.0 Å². The lowest BCUT2D eigenvalue weighted by atomic mass is 10.0. The number of rotatable bonds is 3. The molecule has 0 saturated heterocycles. The van der Waals surface area contributed by atoms with Gasteiger partial charge in [0.15, 0.2) is 0 Å². The van der Waals surface area contributed by atoms with E-state index in [-0.39, 0.29) is 23.4 Å². The first kappa shape index (κ1) is 13.8. The topological polar surface area (TPSA) is 68.1 Å². The molecule has 7 heteroatoms. The molecule has 0 bridgehead atoms. The minimum Gasteiger partial charge on any atom is -0.357 e. The second-order valence-corrected chi connectivity index (χ2v) is 5.73. The monoisotopic (exact) mass is 305 g/mol. The zero-order valence-electron chi connectivity index (χ0n) is 11.0. The molecular weight excluding hydrogens is 293 g/mol. The second-order valence-electron chi connectivity index (χ2n) is 4.62. The van der Waals surface area contributed by atoms with E-state index in [2.05, 4.69) is 10.3 Å². The molecule has 108 valence electrons. The minimum absolute atomic E-state index is 0.0753. The van der Waals surface area contributed by atoms with Crippen molar-refractivity contribution in [1.29, 1.82) is 0 Å². The quantitative estimate of drug-likeness (QED) is 0.690. The van der Waals surface area contributed by atoms with Crippen LogP contribution in [0.4, 0.5) is 15.9 Å². The van der Waals surface area contributed by atoms with E-state index in [0.717, 1.165) is 17.7 Å². The Morgan fingerprint density at radius 2 is 2.24 bits per heavy atom. The summed E-state index contributed by atoms with van der Waals surface area (Å²) in [5, 5.41) is 14.1. The van der Waals surface area contributed by atoms with Crippen LogP contribution in [0.25, 0.3) is 0 Å². The van der Waals surface area contributed by atoms with Crippen LogP contribution < -0.4 is 5.32 Å².